The minimum Gasteiger partial charge on any atom is -0.497 e. The third kappa shape index (κ3) is 7.00. The molecule has 108 valence electrons. The minimum absolute atomic E-state index is 0.267. The van der Waals surface area contributed by atoms with Crippen LogP contribution >= 0.6 is 0 Å². The molecule has 1 atom stereocenters. The number of nitrogens with one attached hydrogen (secondary N) is 1. The molecule has 0 spiro atoms. The highest BCUT2D eigenvalue weighted by molar-refractivity contribution is 5.31. The Kier molecular flexibility index (Phi) is 7.97. The number of hydrogen-bond acceptors (Lipinski definition) is 5. The largest absolute Gasteiger partial charge is 0.497 e. The first-order valence-corrected chi connectivity index (χ1v) is 6.41. The molecule has 0 aliphatic rings. The van der Waals surface area contributed by atoms with Gasteiger partial charge in [0.25, 0.3) is 0 Å². The second-order valence-electron chi connectivity index (χ2n) is 4.19. The Morgan fingerprint density at radius 3 is 2.47 bits per heavy atom. The summed E-state index contributed by atoms with van der Waals surface area (Å²) in [5, 5.41) is 12.9. The first-order chi connectivity index (χ1) is 9.26. The molecule has 0 saturated carbocycles. The van der Waals surface area contributed by atoms with Crippen molar-refractivity contribution < 1.29 is 19.3 Å². The average molecular weight is 269 g/mol. The fraction of sp³-hybridized carbons (Fsp3) is 0.571. The van der Waals surface area contributed by atoms with Crippen LogP contribution in [0.4, 0.5) is 0 Å². The third-order valence-corrected chi connectivity index (χ3v) is 2.58. The van der Waals surface area contributed by atoms with Crippen molar-refractivity contribution in [2.24, 2.45) is 0 Å². The lowest BCUT2D eigenvalue weighted by Gasteiger charge is -2.13. The van der Waals surface area contributed by atoms with Gasteiger partial charge in [-0.1, -0.05) is 0 Å². The van der Waals surface area contributed by atoms with Gasteiger partial charge in [0.1, 0.15) is 24.2 Å². The van der Waals surface area contributed by atoms with Crippen molar-refractivity contribution in [2.45, 2.75) is 12.5 Å². The smallest absolute Gasteiger partial charge is 0.119 e. The maximum Gasteiger partial charge on any atom is 0.119 e. The van der Waals surface area contributed by atoms with Crippen LogP contribution < -0.4 is 14.8 Å². The molecule has 19 heavy (non-hydrogen) atoms. The Bertz CT molecular complexity index is 329. The van der Waals surface area contributed by atoms with E-state index in [2.05, 4.69) is 5.32 Å². The Hall–Kier alpha value is -1.30. The summed E-state index contributed by atoms with van der Waals surface area (Å²) >= 11 is 0. The lowest BCUT2D eigenvalue weighted by atomic mass is 10.3. The topological polar surface area (TPSA) is 60.0 Å². The fourth-order valence-corrected chi connectivity index (χ4v) is 1.53. The number of aliphatic hydroxyl groups excluding tert-OH is 1. The van der Waals surface area contributed by atoms with Crippen LogP contribution in [0.5, 0.6) is 11.5 Å². The molecule has 0 heterocycles. The van der Waals surface area contributed by atoms with E-state index < -0.39 is 6.10 Å². The number of rotatable bonds is 10. The maximum atomic E-state index is 9.72. The van der Waals surface area contributed by atoms with Crippen LogP contribution in [0.3, 0.4) is 0 Å². The summed E-state index contributed by atoms with van der Waals surface area (Å²) in [5.74, 6) is 1.51. The molecule has 2 N–H and O–H groups in total. The fourth-order valence-electron chi connectivity index (χ4n) is 1.53. The van der Waals surface area contributed by atoms with Crippen LogP contribution in [-0.2, 0) is 4.74 Å². The van der Waals surface area contributed by atoms with E-state index in [-0.39, 0.29) is 6.61 Å². The summed E-state index contributed by atoms with van der Waals surface area (Å²) in [6.45, 7) is 2.34. The van der Waals surface area contributed by atoms with Gasteiger partial charge < -0.3 is 24.6 Å². The van der Waals surface area contributed by atoms with Gasteiger partial charge in [0.05, 0.1) is 7.11 Å². The third-order valence-electron chi connectivity index (χ3n) is 2.58. The number of methoxy groups -OCH3 is 2. The standard InChI is InChI=1S/C14H23NO4/c1-17-9-3-8-15-10-12(16)11-19-14-6-4-13(18-2)5-7-14/h4-7,12,15-16H,3,8-11H2,1-2H3. The highest BCUT2D eigenvalue weighted by atomic mass is 16.5. The van der Waals surface area contributed by atoms with E-state index in [4.69, 9.17) is 14.2 Å². The van der Waals surface area contributed by atoms with Crippen molar-refractivity contribution in [3.05, 3.63) is 24.3 Å². The number of ether oxygens (including phenoxy) is 3. The van der Waals surface area contributed by atoms with Gasteiger partial charge in [-0.2, -0.15) is 0 Å². The molecule has 0 amide bonds. The summed E-state index contributed by atoms with van der Waals surface area (Å²) in [6, 6.07) is 7.28. The predicted molar refractivity (Wildman–Crippen MR) is 73.9 cm³/mol. The molecule has 5 nitrogen and oxygen atoms in total. The summed E-state index contributed by atoms with van der Waals surface area (Å²) in [7, 11) is 3.30. The zero-order valence-corrected chi connectivity index (χ0v) is 11.6. The normalized spacial score (nSPS) is 12.2. The van der Waals surface area contributed by atoms with Gasteiger partial charge in [-0.05, 0) is 37.2 Å². The predicted octanol–water partition coefficient (Wildman–Crippen LogP) is 1.06. The summed E-state index contributed by atoms with van der Waals surface area (Å²) in [5.41, 5.74) is 0. The van der Waals surface area contributed by atoms with E-state index in [0.717, 1.165) is 31.1 Å². The molecule has 0 saturated heterocycles. The second kappa shape index (κ2) is 9.61. The molecule has 0 bridgehead atoms. The first kappa shape index (κ1) is 15.8. The van der Waals surface area contributed by atoms with Crippen LogP contribution in [0, 0.1) is 0 Å². The number of hydrogen-bond donors (Lipinski definition) is 2. The molecular formula is C14H23NO4. The van der Waals surface area contributed by atoms with Crippen LogP contribution in [-0.4, -0.2) is 51.7 Å². The van der Waals surface area contributed by atoms with Crippen molar-refractivity contribution in [1.29, 1.82) is 0 Å². The first-order valence-electron chi connectivity index (χ1n) is 6.41. The zero-order valence-electron chi connectivity index (χ0n) is 11.6. The van der Waals surface area contributed by atoms with Gasteiger partial charge in [-0.3, -0.25) is 0 Å². The van der Waals surface area contributed by atoms with E-state index in [9.17, 15) is 5.11 Å². The number of aliphatic hydroxyl groups is 1. The molecule has 1 aromatic rings. The van der Waals surface area contributed by atoms with E-state index in [1.165, 1.54) is 0 Å². The van der Waals surface area contributed by atoms with Gasteiger partial charge in [0.2, 0.25) is 0 Å². The summed E-state index contributed by atoms with van der Waals surface area (Å²) in [6.07, 6.45) is 0.410. The van der Waals surface area contributed by atoms with E-state index in [1.54, 1.807) is 14.2 Å². The van der Waals surface area contributed by atoms with Crippen LogP contribution in [0.25, 0.3) is 0 Å². The molecule has 1 rings (SSSR count). The Morgan fingerprint density at radius 1 is 1.16 bits per heavy atom. The van der Waals surface area contributed by atoms with Crippen molar-refractivity contribution in [1.82, 2.24) is 5.32 Å². The lowest BCUT2D eigenvalue weighted by Crippen LogP contribution is -2.32. The molecule has 5 heteroatoms. The molecular weight excluding hydrogens is 246 g/mol. The highest BCUT2D eigenvalue weighted by Crippen LogP contribution is 2.16. The van der Waals surface area contributed by atoms with Gasteiger partial charge >= 0.3 is 0 Å². The zero-order chi connectivity index (χ0) is 13.9. The summed E-state index contributed by atoms with van der Waals surface area (Å²) in [4.78, 5) is 0. The quantitative estimate of drug-likeness (QED) is 0.622. The molecule has 1 unspecified atom stereocenters. The SMILES string of the molecule is COCCCNCC(O)COc1ccc(OC)cc1. The van der Waals surface area contributed by atoms with Gasteiger partial charge in [-0.15, -0.1) is 0 Å². The Morgan fingerprint density at radius 2 is 1.84 bits per heavy atom. The lowest BCUT2D eigenvalue weighted by molar-refractivity contribution is 0.105. The molecule has 1 aromatic carbocycles. The summed E-state index contributed by atoms with van der Waals surface area (Å²) < 4.78 is 15.5. The van der Waals surface area contributed by atoms with Crippen molar-refractivity contribution >= 4 is 0 Å². The van der Waals surface area contributed by atoms with E-state index >= 15 is 0 Å². The second-order valence-corrected chi connectivity index (χ2v) is 4.19. The maximum absolute atomic E-state index is 9.72. The van der Waals surface area contributed by atoms with Crippen molar-refractivity contribution in [3.63, 3.8) is 0 Å². The molecule has 0 fully saturated rings. The van der Waals surface area contributed by atoms with Crippen LogP contribution in [0.2, 0.25) is 0 Å². The van der Waals surface area contributed by atoms with E-state index in [1.807, 2.05) is 24.3 Å². The Labute approximate surface area is 114 Å². The monoisotopic (exact) mass is 269 g/mol. The average Bonchev–Trinajstić information content (AvgIpc) is 2.45. The Balaban J connectivity index is 2.13. The minimum atomic E-state index is -0.523. The van der Waals surface area contributed by atoms with Crippen molar-refractivity contribution in [2.75, 3.05) is 40.5 Å². The molecule has 0 radical (unpaired) electrons. The highest BCUT2D eigenvalue weighted by Gasteiger charge is 2.04. The van der Waals surface area contributed by atoms with Gasteiger partial charge in [0.15, 0.2) is 0 Å². The van der Waals surface area contributed by atoms with Crippen LogP contribution in [0.1, 0.15) is 6.42 Å². The van der Waals surface area contributed by atoms with Gasteiger partial charge in [0, 0.05) is 20.3 Å². The number of benzene rings is 1. The molecule has 0 aliphatic heterocycles. The van der Waals surface area contributed by atoms with Crippen molar-refractivity contribution in [3.8, 4) is 11.5 Å². The van der Waals surface area contributed by atoms with E-state index in [0.29, 0.717) is 6.54 Å². The van der Waals surface area contributed by atoms with Crippen LogP contribution in [0.15, 0.2) is 24.3 Å². The molecule has 0 aliphatic carbocycles. The van der Waals surface area contributed by atoms with Gasteiger partial charge in [-0.25, -0.2) is 0 Å². The molecule has 0 aromatic heterocycles.